The van der Waals surface area contributed by atoms with Gasteiger partial charge >= 0.3 is 0 Å². The molecule has 0 bridgehead atoms. The van der Waals surface area contributed by atoms with Crippen LogP contribution in [0.3, 0.4) is 0 Å². The van der Waals surface area contributed by atoms with Crippen molar-refractivity contribution in [1.29, 1.82) is 0 Å². The fourth-order valence-electron chi connectivity index (χ4n) is 2.07. The van der Waals surface area contributed by atoms with Gasteiger partial charge in [-0.25, -0.2) is 0 Å². The van der Waals surface area contributed by atoms with Crippen molar-refractivity contribution in [3.63, 3.8) is 0 Å². The third-order valence-electron chi connectivity index (χ3n) is 3.31. The minimum Gasteiger partial charge on any atom is -0.324 e. The first-order chi connectivity index (χ1) is 8.58. The Kier molecular flexibility index (Phi) is 4.05. The molecule has 2 N–H and O–H groups in total. The van der Waals surface area contributed by atoms with Gasteiger partial charge in [0.05, 0.1) is 0 Å². The zero-order valence-corrected chi connectivity index (χ0v) is 11.5. The molecule has 18 heavy (non-hydrogen) atoms. The first-order valence-electron chi connectivity index (χ1n) is 6.14. The first kappa shape index (κ1) is 13.1. The summed E-state index contributed by atoms with van der Waals surface area (Å²) in [7, 11) is 0. The lowest BCUT2D eigenvalue weighted by Crippen LogP contribution is -2.14. The van der Waals surface area contributed by atoms with Crippen molar-refractivity contribution in [2.75, 3.05) is 0 Å². The second kappa shape index (κ2) is 5.55. The molecule has 0 radical (unpaired) electrons. The van der Waals surface area contributed by atoms with Crippen molar-refractivity contribution in [1.82, 2.24) is 0 Å². The van der Waals surface area contributed by atoms with Crippen molar-refractivity contribution in [3.8, 4) is 0 Å². The first-order valence-corrected chi connectivity index (χ1v) is 6.52. The normalized spacial score (nSPS) is 12.4. The van der Waals surface area contributed by atoms with Crippen molar-refractivity contribution >= 4 is 11.6 Å². The van der Waals surface area contributed by atoms with Crippen LogP contribution in [0.25, 0.3) is 0 Å². The fourth-order valence-corrected chi connectivity index (χ4v) is 2.42. The van der Waals surface area contributed by atoms with Gasteiger partial charge in [-0.2, -0.15) is 0 Å². The van der Waals surface area contributed by atoms with Gasteiger partial charge in [0.25, 0.3) is 0 Å². The Morgan fingerprint density at radius 2 is 1.67 bits per heavy atom. The van der Waals surface area contributed by atoms with Gasteiger partial charge in [-0.15, -0.1) is 0 Å². The molecule has 0 fully saturated rings. The number of nitrogens with two attached hydrogens (primary N) is 1. The van der Waals surface area contributed by atoms with Gasteiger partial charge in [-0.3, -0.25) is 0 Å². The lowest BCUT2D eigenvalue weighted by Gasteiger charge is -2.16. The van der Waals surface area contributed by atoms with E-state index in [2.05, 4.69) is 32.0 Å². The Morgan fingerprint density at radius 3 is 2.33 bits per heavy atom. The second-order valence-corrected chi connectivity index (χ2v) is 5.16. The number of benzene rings is 2. The van der Waals surface area contributed by atoms with Crippen LogP contribution in [-0.4, -0.2) is 0 Å². The van der Waals surface area contributed by atoms with Crippen molar-refractivity contribution < 1.29 is 0 Å². The fraction of sp³-hybridized carbons (Fsp3) is 0.250. The minimum absolute atomic E-state index is 0.0563. The summed E-state index contributed by atoms with van der Waals surface area (Å²) >= 11 is 6.28. The quantitative estimate of drug-likeness (QED) is 0.878. The van der Waals surface area contributed by atoms with E-state index in [0.29, 0.717) is 0 Å². The van der Waals surface area contributed by atoms with Gasteiger partial charge in [0.15, 0.2) is 0 Å². The van der Waals surface area contributed by atoms with E-state index in [-0.39, 0.29) is 6.04 Å². The van der Waals surface area contributed by atoms with Crippen LogP contribution in [0.1, 0.15) is 28.3 Å². The average molecular weight is 260 g/mol. The average Bonchev–Trinajstić information content (AvgIpc) is 2.35. The molecule has 2 rings (SSSR count). The van der Waals surface area contributed by atoms with Crippen LogP contribution in [0.15, 0.2) is 42.5 Å². The molecule has 0 aliphatic carbocycles. The Labute approximate surface area is 114 Å². The molecule has 0 aromatic heterocycles. The van der Waals surface area contributed by atoms with E-state index in [0.717, 1.165) is 17.0 Å². The Bertz CT molecular complexity index is 534. The van der Waals surface area contributed by atoms with Crippen molar-refractivity contribution in [2.45, 2.75) is 26.3 Å². The van der Waals surface area contributed by atoms with Crippen molar-refractivity contribution in [2.24, 2.45) is 5.73 Å². The maximum absolute atomic E-state index is 6.28. The summed E-state index contributed by atoms with van der Waals surface area (Å²) in [5, 5.41) is 0.765. The highest BCUT2D eigenvalue weighted by molar-refractivity contribution is 6.31. The molecule has 0 aliphatic heterocycles. The number of halogens is 1. The molecule has 0 heterocycles. The molecule has 0 aliphatic rings. The van der Waals surface area contributed by atoms with Crippen LogP contribution < -0.4 is 5.73 Å². The van der Waals surface area contributed by atoms with Gasteiger partial charge < -0.3 is 5.73 Å². The second-order valence-electron chi connectivity index (χ2n) is 4.75. The topological polar surface area (TPSA) is 26.0 Å². The standard InChI is InChI=1S/C16H18ClN/c1-11-8-14(15(17)9-12(11)2)16(18)10-13-6-4-3-5-7-13/h3-9,16H,10,18H2,1-2H3. The third-order valence-corrected chi connectivity index (χ3v) is 3.64. The summed E-state index contributed by atoms with van der Waals surface area (Å²) in [6, 6.07) is 14.3. The Balaban J connectivity index is 2.24. The minimum atomic E-state index is -0.0563. The zero-order valence-electron chi connectivity index (χ0n) is 10.8. The Hall–Kier alpha value is -1.31. The maximum Gasteiger partial charge on any atom is 0.0456 e. The maximum atomic E-state index is 6.28. The van der Waals surface area contributed by atoms with Crippen LogP contribution >= 0.6 is 11.6 Å². The van der Waals surface area contributed by atoms with Crippen LogP contribution in [0.5, 0.6) is 0 Å². The van der Waals surface area contributed by atoms with E-state index >= 15 is 0 Å². The lowest BCUT2D eigenvalue weighted by atomic mass is 9.96. The Morgan fingerprint density at radius 1 is 1.06 bits per heavy atom. The smallest absolute Gasteiger partial charge is 0.0456 e. The molecule has 0 spiro atoms. The summed E-state index contributed by atoms with van der Waals surface area (Å²) < 4.78 is 0. The molecule has 1 unspecified atom stereocenters. The van der Waals surface area contributed by atoms with Crippen LogP contribution in [0.2, 0.25) is 5.02 Å². The van der Waals surface area contributed by atoms with Crippen LogP contribution in [0, 0.1) is 13.8 Å². The zero-order chi connectivity index (χ0) is 13.1. The van der Waals surface area contributed by atoms with Gasteiger partial charge in [0.1, 0.15) is 0 Å². The molecular weight excluding hydrogens is 242 g/mol. The predicted octanol–water partition coefficient (Wildman–Crippen LogP) is 4.20. The SMILES string of the molecule is Cc1cc(Cl)c(C(N)Cc2ccccc2)cc1C. The van der Waals surface area contributed by atoms with E-state index in [1.54, 1.807) is 0 Å². The highest BCUT2D eigenvalue weighted by atomic mass is 35.5. The molecule has 1 nitrogen and oxygen atoms in total. The van der Waals surface area contributed by atoms with E-state index < -0.39 is 0 Å². The molecule has 2 aromatic carbocycles. The molecule has 1 atom stereocenters. The van der Waals surface area contributed by atoms with Gasteiger partial charge in [-0.1, -0.05) is 48.0 Å². The summed E-state index contributed by atoms with van der Waals surface area (Å²) in [6.07, 6.45) is 0.809. The summed E-state index contributed by atoms with van der Waals surface area (Å²) in [6.45, 7) is 4.15. The van der Waals surface area contributed by atoms with Gasteiger partial charge in [-0.05, 0) is 48.6 Å². The number of hydrogen-bond donors (Lipinski definition) is 1. The number of aryl methyl sites for hydroxylation is 2. The highest BCUT2D eigenvalue weighted by Gasteiger charge is 2.12. The predicted molar refractivity (Wildman–Crippen MR) is 78.0 cm³/mol. The van der Waals surface area contributed by atoms with Gasteiger partial charge in [0, 0.05) is 11.1 Å². The molecule has 0 amide bonds. The number of hydrogen-bond acceptors (Lipinski definition) is 1. The monoisotopic (exact) mass is 259 g/mol. The molecule has 2 heteroatoms. The molecule has 2 aromatic rings. The van der Waals surface area contributed by atoms with E-state index in [9.17, 15) is 0 Å². The van der Waals surface area contributed by atoms with Crippen LogP contribution in [0.4, 0.5) is 0 Å². The summed E-state index contributed by atoms with van der Waals surface area (Å²) in [5.41, 5.74) is 11.0. The van der Waals surface area contributed by atoms with Gasteiger partial charge in [0.2, 0.25) is 0 Å². The third kappa shape index (κ3) is 2.92. The van der Waals surface area contributed by atoms with Crippen LogP contribution in [-0.2, 0) is 6.42 Å². The molecular formula is C16H18ClN. The summed E-state index contributed by atoms with van der Waals surface area (Å²) in [5.74, 6) is 0. The lowest BCUT2D eigenvalue weighted by molar-refractivity contribution is 0.721. The van der Waals surface area contributed by atoms with E-state index in [1.165, 1.54) is 16.7 Å². The summed E-state index contributed by atoms with van der Waals surface area (Å²) in [4.78, 5) is 0. The molecule has 0 saturated carbocycles. The van der Waals surface area contributed by atoms with E-state index in [4.69, 9.17) is 17.3 Å². The van der Waals surface area contributed by atoms with Crippen molar-refractivity contribution in [3.05, 3.63) is 69.7 Å². The molecule has 94 valence electrons. The highest BCUT2D eigenvalue weighted by Crippen LogP contribution is 2.27. The molecule has 0 saturated heterocycles. The largest absolute Gasteiger partial charge is 0.324 e. The van der Waals surface area contributed by atoms with E-state index in [1.807, 2.05) is 24.3 Å². The number of rotatable bonds is 3.